The molecule has 10 aromatic carbocycles. The van der Waals surface area contributed by atoms with Crippen molar-refractivity contribution in [3.8, 4) is 17.1 Å². The third-order valence-corrected chi connectivity index (χ3v) is 15.5. The first kappa shape index (κ1) is 32.6. The number of fused-ring (bicyclic) bond motifs is 3. The van der Waals surface area contributed by atoms with Gasteiger partial charge in [0.15, 0.2) is 0 Å². The summed E-state index contributed by atoms with van der Waals surface area (Å²) in [5.74, 6) is 0. The predicted octanol–water partition coefficient (Wildman–Crippen LogP) is 14.4. The highest BCUT2D eigenvalue weighted by molar-refractivity contribution is 6.24. The minimum atomic E-state index is -0.610. The van der Waals surface area contributed by atoms with E-state index in [1.165, 1.54) is 127 Å². The van der Waals surface area contributed by atoms with E-state index < -0.39 is 10.8 Å². The topological polar surface area (TPSA) is 14.8 Å². The summed E-state index contributed by atoms with van der Waals surface area (Å²) in [6.45, 7) is 0. The zero-order chi connectivity index (χ0) is 40.8. The molecule has 0 unspecified atom stereocenters. The Morgan fingerprint density at radius 2 is 0.556 bits per heavy atom. The van der Waals surface area contributed by atoms with Crippen LogP contribution in [0.4, 0.5) is 0 Å². The van der Waals surface area contributed by atoms with Crippen LogP contribution in [0.3, 0.4) is 0 Å². The molecule has 3 heterocycles. The van der Waals surface area contributed by atoms with Crippen molar-refractivity contribution in [3.63, 3.8) is 0 Å². The summed E-state index contributed by atoms with van der Waals surface area (Å²) in [5.41, 5.74) is 18.1. The van der Waals surface area contributed by atoms with Crippen molar-refractivity contribution in [3.05, 3.63) is 246 Å². The maximum absolute atomic E-state index is 2.53. The van der Waals surface area contributed by atoms with Crippen molar-refractivity contribution in [1.29, 1.82) is 0 Å². The maximum Gasteiger partial charge on any atom is 0.0649 e. The number of para-hydroxylation sites is 4. The Morgan fingerprint density at radius 3 is 1.00 bits per heavy atom. The van der Waals surface area contributed by atoms with Crippen LogP contribution < -0.4 is 0 Å². The molecule has 290 valence electrons. The van der Waals surface area contributed by atoms with Crippen molar-refractivity contribution in [2.24, 2.45) is 0 Å². The molecule has 0 saturated carbocycles. The molecule has 3 aliphatic rings. The largest absolute Gasteiger partial charge is 0.309 e. The summed E-state index contributed by atoms with van der Waals surface area (Å²) in [6.07, 6.45) is 0. The normalized spacial score (nSPS) is 18.0. The van der Waals surface area contributed by atoms with Crippen LogP contribution in [0.5, 0.6) is 0 Å². The van der Waals surface area contributed by atoms with Crippen LogP contribution in [0.25, 0.3) is 93.3 Å². The Labute approximate surface area is 361 Å². The van der Waals surface area contributed by atoms with Gasteiger partial charge in [0, 0.05) is 49.1 Å². The number of hydrogen-bond donors (Lipinski definition) is 0. The monoisotopic (exact) mass is 797 g/mol. The van der Waals surface area contributed by atoms with Crippen LogP contribution in [-0.2, 0) is 10.8 Å². The Hall–Kier alpha value is -8.14. The number of aromatic nitrogens is 3. The van der Waals surface area contributed by atoms with Gasteiger partial charge >= 0.3 is 0 Å². The lowest BCUT2D eigenvalue weighted by Gasteiger charge is -2.54. The van der Waals surface area contributed by atoms with Crippen molar-refractivity contribution >= 4 is 76.2 Å². The van der Waals surface area contributed by atoms with E-state index in [9.17, 15) is 0 Å². The number of rotatable bonds is 3. The second-order valence-electron chi connectivity index (χ2n) is 17.9. The average Bonchev–Trinajstić information content (AvgIpc) is 4.07. The number of nitrogens with zero attached hydrogens (tertiary/aromatic N) is 3. The molecule has 0 atom stereocenters. The molecule has 3 aliphatic carbocycles. The minimum Gasteiger partial charge on any atom is -0.309 e. The van der Waals surface area contributed by atoms with Crippen molar-refractivity contribution in [2.75, 3.05) is 0 Å². The van der Waals surface area contributed by atoms with Crippen LogP contribution in [0.15, 0.2) is 212 Å². The standard InChI is InChI=1S/C60H35N3/c1-3-16-36(17-4-1)61-50-30-12-24-42-55(50)57-44(26-14-32-52(57)61)60-45-27-15-33-53-58(45)56-43(25-13-31-51(56)62(53)37-18-5-2-6-19-37)59(42,60)41-23-11-22-40-49(35-34-46(60)54(40)41)63-47-28-9-7-20-38(47)39-21-8-10-29-48(39)63/h1-35H. The molecular weight excluding hydrogens is 763 g/mol. The number of hydrogen-bond acceptors (Lipinski definition) is 0. The second kappa shape index (κ2) is 11.0. The van der Waals surface area contributed by atoms with Crippen molar-refractivity contribution < 1.29 is 0 Å². The van der Waals surface area contributed by atoms with Gasteiger partial charge in [0.05, 0.1) is 49.6 Å². The second-order valence-corrected chi connectivity index (χ2v) is 17.9. The van der Waals surface area contributed by atoms with Gasteiger partial charge in [0.25, 0.3) is 0 Å². The molecule has 16 rings (SSSR count). The lowest BCUT2D eigenvalue weighted by Crippen LogP contribution is -2.52. The van der Waals surface area contributed by atoms with E-state index >= 15 is 0 Å². The summed E-state index contributed by atoms with van der Waals surface area (Å²) in [6, 6.07) is 80.6. The maximum atomic E-state index is 2.53. The first-order chi connectivity index (χ1) is 31.3. The average molecular weight is 798 g/mol. The molecule has 13 aromatic rings. The fourth-order valence-electron chi connectivity index (χ4n) is 13.7. The molecule has 0 fully saturated rings. The summed E-state index contributed by atoms with van der Waals surface area (Å²) in [5, 5.41) is 10.6. The van der Waals surface area contributed by atoms with Gasteiger partial charge in [-0.25, -0.2) is 0 Å². The highest BCUT2D eigenvalue weighted by Crippen LogP contribution is 2.74. The zero-order valence-corrected chi connectivity index (χ0v) is 34.0. The van der Waals surface area contributed by atoms with Crippen LogP contribution in [0, 0.1) is 0 Å². The quantitative estimate of drug-likeness (QED) is 0.169. The molecule has 3 aromatic heterocycles. The van der Waals surface area contributed by atoms with E-state index in [0.717, 1.165) is 0 Å². The SMILES string of the molecule is c1ccc(-n2c3cccc4c3c3c(cccc32)C23c5ccc(-n6c7ccccc7c7ccccc76)c6cccc(c56)C42c2cccc4c2c2c3cccc2n4-c2ccccc2)cc1. The summed E-state index contributed by atoms with van der Waals surface area (Å²) < 4.78 is 7.55. The van der Waals surface area contributed by atoms with Crippen molar-refractivity contribution in [1.82, 2.24) is 13.7 Å². The molecule has 0 bridgehead atoms. The number of benzene rings is 10. The van der Waals surface area contributed by atoms with Crippen LogP contribution >= 0.6 is 0 Å². The molecule has 63 heavy (non-hydrogen) atoms. The van der Waals surface area contributed by atoms with E-state index in [2.05, 4.69) is 226 Å². The van der Waals surface area contributed by atoms with Gasteiger partial charge in [-0.05, 0) is 105 Å². The van der Waals surface area contributed by atoms with E-state index in [0.29, 0.717) is 0 Å². The molecule has 0 spiro atoms. The Morgan fingerprint density at radius 1 is 0.222 bits per heavy atom. The highest BCUT2D eigenvalue weighted by Gasteiger charge is 2.67. The van der Waals surface area contributed by atoms with E-state index in [-0.39, 0.29) is 0 Å². The summed E-state index contributed by atoms with van der Waals surface area (Å²) in [4.78, 5) is 0. The van der Waals surface area contributed by atoms with Crippen LogP contribution in [-0.4, -0.2) is 13.7 Å². The van der Waals surface area contributed by atoms with Crippen LogP contribution in [0.1, 0.15) is 33.4 Å². The third-order valence-electron chi connectivity index (χ3n) is 15.5. The fraction of sp³-hybridized carbons (Fsp3) is 0.0333. The Kier molecular flexibility index (Phi) is 5.70. The zero-order valence-electron chi connectivity index (χ0n) is 34.0. The van der Waals surface area contributed by atoms with Crippen molar-refractivity contribution in [2.45, 2.75) is 10.8 Å². The molecule has 0 amide bonds. The predicted molar refractivity (Wildman–Crippen MR) is 260 cm³/mol. The molecule has 0 N–H and O–H groups in total. The Balaban J connectivity index is 1.16. The van der Waals surface area contributed by atoms with E-state index in [1.54, 1.807) is 0 Å². The molecule has 3 heteroatoms. The first-order valence-electron chi connectivity index (χ1n) is 22.1. The van der Waals surface area contributed by atoms with Gasteiger partial charge in [-0.1, -0.05) is 146 Å². The van der Waals surface area contributed by atoms with Gasteiger partial charge in [0.2, 0.25) is 0 Å². The molecule has 0 radical (unpaired) electrons. The van der Waals surface area contributed by atoms with E-state index in [1.807, 2.05) is 0 Å². The molecule has 3 nitrogen and oxygen atoms in total. The first-order valence-corrected chi connectivity index (χ1v) is 22.1. The Bertz CT molecular complexity index is 3840. The molecular formula is C60H35N3. The smallest absolute Gasteiger partial charge is 0.0649 e. The van der Waals surface area contributed by atoms with Gasteiger partial charge < -0.3 is 13.7 Å². The highest BCUT2D eigenvalue weighted by atomic mass is 15.0. The fourth-order valence-corrected chi connectivity index (χ4v) is 13.7. The lowest BCUT2D eigenvalue weighted by atomic mass is 9.45. The van der Waals surface area contributed by atoms with E-state index in [4.69, 9.17) is 0 Å². The van der Waals surface area contributed by atoms with Gasteiger partial charge in [-0.15, -0.1) is 0 Å². The lowest BCUT2D eigenvalue weighted by molar-refractivity contribution is 0.447. The minimum absolute atomic E-state index is 0.610. The van der Waals surface area contributed by atoms with Gasteiger partial charge in [-0.3, -0.25) is 0 Å². The third kappa shape index (κ3) is 3.42. The summed E-state index contributed by atoms with van der Waals surface area (Å²) in [7, 11) is 0. The summed E-state index contributed by atoms with van der Waals surface area (Å²) >= 11 is 0. The molecule has 0 aliphatic heterocycles. The molecule has 0 saturated heterocycles. The van der Waals surface area contributed by atoms with Crippen LogP contribution in [0.2, 0.25) is 0 Å². The van der Waals surface area contributed by atoms with Gasteiger partial charge in [0.1, 0.15) is 0 Å². The van der Waals surface area contributed by atoms with Gasteiger partial charge in [-0.2, -0.15) is 0 Å².